The van der Waals surface area contributed by atoms with Gasteiger partial charge in [-0.15, -0.1) is 0 Å². The summed E-state index contributed by atoms with van der Waals surface area (Å²) in [7, 11) is 0. The van der Waals surface area contributed by atoms with Crippen molar-refractivity contribution in [3.05, 3.63) is 23.7 Å². The minimum Gasteiger partial charge on any atom is -0.459 e. The van der Waals surface area contributed by atoms with E-state index < -0.39 is 5.60 Å². The Morgan fingerprint density at radius 2 is 2.00 bits per heavy atom. The SMILES string of the molecule is CCCC(O)(CCC)CNC(=O)c1occc1C. The van der Waals surface area contributed by atoms with Crippen LogP contribution in [0.1, 0.15) is 55.6 Å². The summed E-state index contributed by atoms with van der Waals surface area (Å²) >= 11 is 0. The van der Waals surface area contributed by atoms with Crippen LogP contribution in [0.2, 0.25) is 0 Å². The highest BCUT2D eigenvalue weighted by atomic mass is 16.3. The highest BCUT2D eigenvalue weighted by Crippen LogP contribution is 2.19. The molecule has 18 heavy (non-hydrogen) atoms. The molecule has 0 saturated heterocycles. The monoisotopic (exact) mass is 253 g/mol. The quantitative estimate of drug-likeness (QED) is 0.785. The van der Waals surface area contributed by atoms with Gasteiger partial charge in [-0.05, 0) is 25.8 Å². The number of aliphatic hydroxyl groups is 1. The van der Waals surface area contributed by atoms with Crippen molar-refractivity contribution in [1.29, 1.82) is 0 Å². The van der Waals surface area contributed by atoms with Gasteiger partial charge >= 0.3 is 0 Å². The molecular weight excluding hydrogens is 230 g/mol. The summed E-state index contributed by atoms with van der Waals surface area (Å²) in [5.41, 5.74) is 0.00153. The fraction of sp³-hybridized carbons (Fsp3) is 0.643. The number of carbonyl (C=O) groups excluding carboxylic acids is 1. The molecule has 0 aromatic carbocycles. The molecule has 0 atom stereocenters. The van der Waals surface area contributed by atoms with E-state index in [1.807, 2.05) is 20.8 Å². The van der Waals surface area contributed by atoms with Crippen molar-refractivity contribution in [2.24, 2.45) is 0 Å². The van der Waals surface area contributed by atoms with Gasteiger partial charge in [-0.1, -0.05) is 26.7 Å². The Morgan fingerprint density at radius 1 is 1.39 bits per heavy atom. The molecule has 2 N–H and O–H groups in total. The van der Waals surface area contributed by atoms with E-state index in [4.69, 9.17) is 4.42 Å². The second-order valence-electron chi connectivity index (χ2n) is 4.84. The first-order valence-corrected chi connectivity index (χ1v) is 6.57. The summed E-state index contributed by atoms with van der Waals surface area (Å²) in [5, 5.41) is 13.1. The number of aryl methyl sites for hydroxylation is 1. The van der Waals surface area contributed by atoms with Gasteiger partial charge in [-0.25, -0.2) is 0 Å². The van der Waals surface area contributed by atoms with E-state index in [1.54, 1.807) is 6.07 Å². The lowest BCUT2D eigenvalue weighted by Gasteiger charge is -2.27. The van der Waals surface area contributed by atoms with Crippen LogP contribution in [-0.4, -0.2) is 23.2 Å². The van der Waals surface area contributed by atoms with Gasteiger partial charge in [0.2, 0.25) is 0 Å². The van der Waals surface area contributed by atoms with Crippen LogP contribution in [0.4, 0.5) is 0 Å². The van der Waals surface area contributed by atoms with E-state index in [2.05, 4.69) is 5.32 Å². The average molecular weight is 253 g/mol. The van der Waals surface area contributed by atoms with Crippen molar-refractivity contribution >= 4 is 5.91 Å². The van der Waals surface area contributed by atoms with Crippen LogP contribution in [0.5, 0.6) is 0 Å². The molecule has 1 heterocycles. The summed E-state index contributed by atoms with van der Waals surface area (Å²) in [6.45, 7) is 6.15. The second kappa shape index (κ2) is 6.59. The maximum atomic E-state index is 11.9. The summed E-state index contributed by atoms with van der Waals surface area (Å²) in [6.07, 6.45) is 4.67. The van der Waals surface area contributed by atoms with Gasteiger partial charge in [0.05, 0.1) is 11.9 Å². The molecule has 0 unspecified atom stereocenters. The Labute approximate surface area is 108 Å². The van der Waals surface area contributed by atoms with E-state index >= 15 is 0 Å². The zero-order chi connectivity index (χ0) is 13.6. The summed E-state index contributed by atoms with van der Waals surface area (Å²) in [4.78, 5) is 11.9. The third kappa shape index (κ3) is 3.88. The molecule has 4 nitrogen and oxygen atoms in total. The minimum absolute atomic E-state index is 0.261. The second-order valence-corrected chi connectivity index (χ2v) is 4.84. The van der Waals surface area contributed by atoms with Crippen molar-refractivity contribution in [2.75, 3.05) is 6.54 Å². The minimum atomic E-state index is -0.806. The maximum Gasteiger partial charge on any atom is 0.287 e. The number of rotatable bonds is 7. The highest BCUT2D eigenvalue weighted by Gasteiger charge is 2.26. The molecule has 1 rings (SSSR count). The topological polar surface area (TPSA) is 62.5 Å². The average Bonchev–Trinajstić information content (AvgIpc) is 2.73. The highest BCUT2D eigenvalue weighted by molar-refractivity contribution is 5.92. The predicted octanol–water partition coefficient (Wildman–Crippen LogP) is 2.65. The normalized spacial score (nSPS) is 11.6. The molecule has 0 bridgehead atoms. The van der Waals surface area contributed by atoms with Crippen molar-refractivity contribution in [3.63, 3.8) is 0 Å². The first-order valence-electron chi connectivity index (χ1n) is 6.57. The van der Waals surface area contributed by atoms with Gasteiger partial charge in [-0.3, -0.25) is 4.79 Å². The molecule has 0 aliphatic rings. The summed E-state index contributed by atoms with van der Waals surface area (Å²) in [6, 6.07) is 1.75. The smallest absolute Gasteiger partial charge is 0.287 e. The van der Waals surface area contributed by atoms with Gasteiger partial charge in [0.25, 0.3) is 5.91 Å². The third-order valence-electron chi connectivity index (χ3n) is 3.08. The molecule has 0 spiro atoms. The Balaban J connectivity index is 2.57. The number of hydrogen-bond acceptors (Lipinski definition) is 3. The molecule has 1 amide bonds. The van der Waals surface area contributed by atoms with Crippen LogP contribution < -0.4 is 5.32 Å². The molecule has 102 valence electrons. The zero-order valence-electron chi connectivity index (χ0n) is 11.5. The standard InChI is InChI=1S/C14H23NO3/c1-4-7-14(17,8-5-2)10-15-13(16)12-11(3)6-9-18-12/h6,9,17H,4-5,7-8,10H2,1-3H3,(H,15,16). The number of carbonyl (C=O) groups is 1. The molecule has 1 aromatic rings. The van der Waals surface area contributed by atoms with Crippen LogP contribution >= 0.6 is 0 Å². The molecule has 0 saturated carbocycles. The molecule has 0 fully saturated rings. The maximum absolute atomic E-state index is 11.9. The first-order chi connectivity index (χ1) is 8.52. The van der Waals surface area contributed by atoms with E-state index in [9.17, 15) is 9.90 Å². The van der Waals surface area contributed by atoms with Gasteiger partial charge in [-0.2, -0.15) is 0 Å². The number of amides is 1. The molecule has 0 aliphatic carbocycles. The van der Waals surface area contributed by atoms with E-state index in [0.717, 1.165) is 18.4 Å². The lowest BCUT2D eigenvalue weighted by atomic mass is 9.92. The van der Waals surface area contributed by atoms with E-state index in [1.165, 1.54) is 6.26 Å². The lowest BCUT2D eigenvalue weighted by Crippen LogP contribution is -2.42. The fourth-order valence-electron chi connectivity index (χ4n) is 2.16. The Kier molecular flexibility index (Phi) is 5.41. The van der Waals surface area contributed by atoms with Gasteiger partial charge < -0.3 is 14.8 Å². The van der Waals surface area contributed by atoms with Crippen molar-refractivity contribution in [1.82, 2.24) is 5.32 Å². The largest absolute Gasteiger partial charge is 0.459 e. The van der Waals surface area contributed by atoms with Crippen LogP contribution in [0.3, 0.4) is 0 Å². The lowest BCUT2D eigenvalue weighted by molar-refractivity contribution is 0.0209. The summed E-state index contributed by atoms with van der Waals surface area (Å²) in [5.74, 6) is 0.0634. The van der Waals surface area contributed by atoms with E-state index in [0.29, 0.717) is 18.6 Å². The van der Waals surface area contributed by atoms with Crippen molar-refractivity contribution in [3.8, 4) is 0 Å². The van der Waals surface area contributed by atoms with Crippen LogP contribution in [0.15, 0.2) is 16.7 Å². The first kappa shape index (κ1) is 14.8. The van der Waals surface area contributed by atoms with Gasteiger partial charge in [0.15, 0.2) is 5.76 Å². The molecule has 0 radical (unpaired) electrons. The summed E-state index contributed by atoms with van der Waals surface area (Å²) < 4.78 is 5.12. The third-order valence-corrected chi connectivity index (χ3v) is 3.08. The number of furan rings is 1. The number of hydrogen-bond donors (Lipinski definition) is 2. The van der Waals surface area contributed by atoms with Crippen molar-refractivity contribution < 1.29 is 14.3 Å². The zero-order valence-corrected chi connectivity index (χ0v) is 11.5. The van der Waals surface area contributed by atoms with Crippen LogP contribution in [0.25, 0.3) is 0 Å². The Morgan fingerprint density at radius 3 is 2.44 bits per heavy atom. The Bertz CT molecular complexity index is 378. The molecular formula is C14H23NO3. The van der Waals surface area contributed by atoms with E-state index in [-0.39, 0.29) is 12.5 Å². The van der Waals surface area contributed by atoms with Crippen LogP contribution in [-0.2, 0) is 0 Å². The fourth-order valence-corrected chi connectivity index (χ4v) is 2.16. The molecule has 0 aliphatic heterocycles. The predicted molar refractivity (Wildman–Crippen MR) is 70.5 cm³/mol. The van der Waals surface area contributed by atoms with Gasteiger partial charge in [0, 0.05) is 12.1 Å². The van der Waals surface area contributed by atoms with Gasteiger partial charge in [0.1, 0.15) is 0 Å². The van der Waals surface area contributed by atoms with Crippen LogP contribution in [0, 0.1) is 6.92 Å². The Hall–Kier alpha value is -1.29. The molecule has 1 aromatic heterocycles. The molecule has 4 heteroatoms. The number of nitrogens with one attached hydrogen (secondary N) is 1. The van der Waals surface area contributed by atoms with Crippen molar-refractivity contribution in [2.45, 2.75) is 52.1 Å².